The normalized spacial score (nSPS) is 33.2. The average Bonchev–Trinajstić information content (AvgIpc) is 1.54. The molecule has 0 N–H and O–H groups in total. The Morgan fingerprint density at radius 3 is 1.05 bits per heavy atom. The predicted octanol–water partition coefficient (Wildman–Crippen LogP) is 25.2. The van der Waals surface area contributed by atoms with Crippen LogP contribution in [0, 0.1) is 89.7 Å². The molecule has 0 amide bonds. The number of hydrogen-bond acceptors (Lipinski definition) is 12. The minimum atomic E-state index is -0.378. The fourth-order valence-electron chi connectivity index (χ4n) is 19.5. The summed E-state index contributed by atoms with van der Waals surface area (Å²) in [7, 11) is 0. The second-order valence-electron chi connectivity index (χ2n) is 41.9. The molecule has 0 heterocycles. The van der Waals surface area contributed by atoms with E-state index in [0.29, 0.717) is 23.7 Å². The molecule has 10 aliphatic rings. The Morgan fingerprint density at radius 1 is 0.327 bits per heavy atom. The van der Waals surface area contributed by atoms with Crippen molar-refractivity contribution in [2.45, 2.75) is 460 Å². The van der Waals surface area contributed by atoms with Gasteiger partial charge in [0.2, 0.25) is 0 Å². The summed E-state index contributed by atoms with van der Waals surface area (Å²) < 4.78 is 35.8. The van der Waals surface area contributed by atoms with Crippen molar-refractivity contribution < 1.29 is 57.2 Å². The lowest BCUT2D eigenvalue weighted by Gasteiger charge is -2.51. The van der Waals surface area contributed by atoms with Crippen LogP contribution in [0.1, 0.15) is 426 Å². The van der Waals surface area contributed by atoms with Gasteiger partial charge in [-0.25, -0.2) is 0 Å². The lowest BCUT2D eigenvalue weighted by molar-refractivity contribution is -0.202. The van der Waals surface area contributed by atoms with E-state index in [1.54, 1.807) is 0 Å². The molecule has 0 aromatic carbocycles. The molecular formula is C92H164O12. The molecule has 604 valence electrons. The quantitative estimate of drug-likeness (QED) is 0.0646. The monoisotopic (exact) mass is 1460 g/mol. The van der Waals surface area contributed by atoms with E-state index in [-0.39, 0.29) is 124 Å². The van der Waals surface area contributed by atoms with Crippen LogP contribution in [0.5, 0.6) is 0 Å². The van der Waals surface area contributed by atoms with Crippen LogP contribution in [-0.4, -0.2) is 69.4 Å². The number of carbonyl (C=O) groups is 6. The van der Waals surface area contributed by atoms with E-state index in [4.69, 9.17) is 28.4 Å². The molecule has 10 saturated carbocycles. The van der Waals surface area contributed by atoms with Crippen LogP contribution in [0.25, 0.3) is 0 Å². The van der Waals surface area contributed by atoms with E-state index < -0.39 is 0 Å². The Labute approximate surface area is 639 Å². The summed E-state index contributed by atoms with van der Waals surface area (Å²) in [6.45, 7) is 62.9. The zero-order valence-corrected chi connectivity index (χ0v) is 73.4. The van der Waals surface area contributed by atoms with Crippen molar-refractivity contribution in [3.05, 3.63) is 0 Å². The van der Waals surface area contributed by atoms with Crippen molar-refractivity contribution >= 4 is 35.8 Å². The van der Waals surface area contributed by atoms with Gasteiger partial charge in [-0.3, -0.25) is 28.8 Å². The van der Waals surface area contributed by atoms with Crippen molar-refractivity contribution in [2.75, 3.05) is 0 Å². The Kier molecular flexibility index (Phi) is 30.1. The van der Waals surface area contributed by atoms with Gasteiger partial charge in [-0.15, -0.1) is 0 Å². The molecule has 12 nitrogen and oxygen atoms in total. The number of ether oxygens (including phenoxy) is 6. The third-order valence-corrected chi connectivity index (χ3v) is 32.3. The second kappa shape index (κ2) is 34.2. The molecule has 10 rings (SSSR count). The molecule has 8 bridgehead atoms. The molecule has 0 aromatic heterocycles. The largest absolute Gasteiger partial charge is 0.459 e. The lowest BCUT2D eigenvalue weighted by Crippen LogP contribution is -2.55. The van der Waals surface area contributed by atoms with Gasteiger partial charge >= 0.3 is 35.8 Å². The highest BCUT2D eigenvalue weighted by Crippen LogP contribution is 2.72. The average molecular weight is 1460 g/mol. The highest BCUT2D eigenvalue weighted by atomic mass is 16.6. The minimum absolute atomic E-state index is 0.00870. The van der Waals surface area contributed by atoms with Gasteiger partial charge in [0.15, 0.2) is 0 Å². The fourth-order valence-corrected chi connectivity index (χ4v) is 19.5. The van der Waals surface area contributed by atoms with Gasteiger partial charge in [-0.2, -0.15) is 0 Å². The van der Waals surface area contributed by atoms with E-state index in [1.807, 2.05) is 104 Å². The first-order valence-corrected chi connectivity index (χ1v) is 43.1. The van der Waals surface area contributed by atoms with Crippen LogP contribution in [0.3, 0.4) is 0 Å². The number of rotatable bonds is 20. The van der Waals surface area contributed by atoms with Crippen LogP contribution < -0.4 is 0 Å². The SMILES string of the molecule is CCC(C)(C)C(=O)OC1(C)C2(C)CCC(C2)C1(C)C.CCC(C)(C)C(=O)OC1(C)CC2CCC1(C)C2(C)C.CCC(C)(C)C(=O)OC1(C)CC2CCC1C2.CCC(C)(C)C(=O)OC1(C)CCCCCC1.CCC(C)(C)C(=O)OC1(CC)CC2CCC1C2.CCC1(OC(=O)C(C)(C)CC)CCCCCC1. The van der Waals surface area contributed by atoms with E-state index in [1.165, 1.54) is 122 Å². The van der Waals surface area contributed by atoms with Crippen LogP contribution in [-0.2, 0) is 57.2 Å². The van der Waals surface area contributed by atoms with Crippen LogP contribution in [0.2, 0.25) is 0 Å². The number of hydrogen-bond donors (Lipinski definition) is 0. The summed E-state index contributed by atoms with van der Waals surface area (Å²) >= 11 is 0. The summed E-state index contributed by atoms with van der Waals surface area (Å²) in [4.78, 5) is 73.7. The Balaban J connectivity index is 0.000000225. The molecule has 12 atom stereocenters. The van der Waals surface area contributed by atoms with Crippen molar-refractivity contribution in [3.8, 4) is 0 Å². The Hall–Kier alpha value is -3.18. The second-order valence-corrected chi connectivity index (χ2v) is 41.9. The van der Waals surface area contributed by atoms with E-state index in [0.717, 1.165) is 108 Å². The van der Waals surface area contributed by atoms with Gasteiger partial charge < -0.3 is 28.4 Å². The van der Waals surface area contributed by atoms with Gasteiger partial charge in [-0.1, -0.05) is 123 Å². The fraction of sp³-hybridized carbons (Fsp3) is 0.935. The molecule has 0 aromatic rings. The van der Waals surface area contributed by atoms with Crippen molar-refractivity contribution in [1.82, 2.24) is 0 Å². The molecule has 0 spiro atoms. The highest BCUT2D eigenvalue weighted by Gasteiger charge is 2.71. The van der Waals surface area contributed by atoms with E-state index in [9.17, 15) is 28.8 Å². The van der Waals surface area contributed by atoms with E-state index >= 15 is 0 Å². The Morgan fingerprint density at radius 2 is 0.702 bits per heavy atom. The molecule has 10 fully saturated rings. The van der Waals surface area contributed by atoms with Crippen LogP contribution in [0.15, 0.2) is 0 Å². The lowest BCUT2D eigenvalue weighted by atomic mass is 9.61. The van der Waals surface area contributed by atoms with Crippen LogP contribution in [0.4, 0.5) is 0 Å². The van der Waals surface area contributed by atoms with E-state index in [2.05, 4.69) is 104 Å². The minimum Gasteiger partial charge on any atom is -0.459 e. The molecule has 10 aliphatic carbocycles. The smallest absolute Gasteiger partial charge is 0.312 e. The van der Waals surface area contributed by atoms with Gasteiger partial charge in [-0.05, 0) is 344 Å². The number of carbonyl (C=O) groups excluding carboxylic acids is 6. The van der Waals surface area contributed by atoms with Gasteiger partial charge in [0.1, 0.15) is 33.6 Å². The first kappa shape index (κ1) is 91.4. The van der Waals surface area contributed by atoms with Crippen molar-refractivity contribution in [2.24, 2.45) is 89.7 Å². The topological polar surface area (TPSA) is 158 Å². The molecule has 12 unspecified atom stereocenters. The first-order chi connectivity index (χ1) is 47.7. The Bertz CT molecular complexity index is 2850. The summed E-state index contributed by atoms with van der Waals surface area (Å²) in [5.74, 6) is 4.18. The summed E-state index contributed by atoms with van der Waals surface area (Å²) in [6, 6.07) is 0. The molecule has 12 heteroatoms. The third kappa shape index (κ3) is 19.7. The molecule has 104 heavy (non-hydrogen) atoms. The maximum absolute atomic E-state index is 12.5. The third-order valence-electron chi connectivity index (χ3n) is 32.3. The molecule has 0 aliphatic heterocycles. The highest BCUT2D eigenvalue weighted by molar-refractivity contribution is 5.79. The van der Waals surface area contributed by atoms with Crippen molar-refractivity contribution in [1.29, 1.82) is 0 Å². The zero-order chi connectivity index (χ0) is 79.2. The predicted molar refractivity (Wildman–Crippen MR) is 425 cm³/mol. The summed E-state index contributed by atoms with van der Waals surface area (Å²) in [5, 5.41) is 0. The number of esters is 6. The van der Waals surface area contributed by atoms with Crippen molar-refractivity contribution in [3.63, 3.8) is 0 Å². The first-order valence-electron chi connectivity index (χ1n) is 43.1. The summed E-state index contributed by atoms with van der Waals surface area (Å²) in [5.41, 5.74) is -2.72. The standard InChI is InChI=1S/2C17H30O2.C15H26O2.C15H28O2.C14H24O2.C14H26O2/c1-8-14(2,3)13(18)19-17(7)11-12-9-10-16(17,6)15(12,4)5;1-8-14(2,3)13(18)19-17(7)15(4,5)12-9-10-16(17,6)11-12;1-5-14(3,4)13(16)17-15(6-2)10-11-7-8-12(15)9-11;1-5-14(3,4)13(16)17-15(6-2)11-9-7-8-10-12-15;1-5-13(2,3)12(15)16-14(4)9-10-6-7-11(14)8-10;1-5-13(2,3)12(15)16-14(4)10-8-6-7-9-11-14/h2*12H,8-11H2,1-7H3;11-12H,5-10H2,1-4H3;5-12H2,1-4H3;10-11H,5-9H2,1-4H3;5-11H2,1-4H3. The number of fused-ring (bicyclic) bond motifs is 8. The van der Waals surface area contributed by atoms with Crippen LogP contribution >= 0.6 is 0 Å². The van der Waals surface area contributed by atoms with Gasteiger partial charge in [0, 0.05) is 16.2 Å². The maximum Gasteiger partial charge on any atom is 0.312 e. The summed E-state index contributed by atoms with van der Waals surface area (Å²) in [6.07, 6.45) is 38.2. The van der Waals surface area contributed by atoms with Gasteiger partial charge in [0.25, 0.3) is 0 Å². The molecular weight excluding hydrogens is 1300 g/mol. The maximum atomic E-state index is 12.5. The molecule has 0 saturated heterocycles. The van der Waals surface area contributed by atoms with Gasteiger partial charge in [0.05, 0.1) is 32.5 Å². The zero-order valence-electron chi connectivity index (χ0n) is 73.4. The molecule has 0 radical (unpaired) electrons.